The van der Waals surface area contributed by atoms with Crippen molar-refractivity contribution >= 4 is 16.0 Å². The monoisotopic (exact) mass is 323 g/mol. The number of carbonyl (C=O) groups is 1. The van der Waals surface area contributed by atoms with E-state index in [0.717, 1.165) is 10.4 Å². The molecular weight excluding hydrogens is 311 g/mol. The normalized spacial score (nSPS) is 17.1. The molecule has 1 aliphatic heterocycles. The van der Waals surface area contributed by atoms with Crippen LogP contribution in [0.2, 0.25) is 0 Å². The molecule has 1 N–H and O–H groups in total. The van der Waals surface area contributed by atoms with Crippen LogP contribution in [0.1, 0.15) is 28.8 Å². The first-order valence-electron chi connectivity index (χ1n) is 6.09. The molecule has 1 fully saturated rings. The Morgan fingerprint density at radius 3 is 2.24 bits per heavy atom. The van der Waals surface area contributed by atoms with Crippen LogP contribution in [0.15, 0.2) is 23.1 Å². The smallest absolute Gasteiger partial charge is 0.417 e. The zero-order valence-electron chi connectivity index (χ0n) is 10.7. The van der Waals surface area contributed by atoms with Gasteiger partial charge in [-0.25, -0.2) is 13.2 Å². The standard InChI is InChI=1S/C12H12F3NO4S/c13-12(14,15)9-4-3-8(11(17)18)7-10(9)21(19,20)16-5-1-2-6-16/h3-4,7H,1-2,5-6H2,(H,17,18). The molecule has 1 heterocycles. The first-order valence-corrected chi connectivity index (χ1v) is 7.53. The van der Waals surface area contributed by atoms with Crippen molar-refractivity contribution in [2.24, 2.45) is 0 Å². The summed E-state index contributed by atoms with van der Waals surface area (Å²) >= 11 is 0. The molecule has 1 saturated heterocycles. The van der Waals surface area contributed by atoms with E-state index >= 15 is 0 Å². The first-order chi connectivity index (χ1) is 9.64. The van der Waals surface area contributed by atoms with Gasteiger partial charge >= 0.3 is 12.1 Å². The molecule has 116 valence electrons. The number of hydrogen-bond acceptors (Lipinski definition) is 3. The summed E-state index contributed by atoms with van der Waals surface area (Å²) in [5.74, 6) is -1.48. The molecule has 5 nitrogen and oxygen atoms in total. The van der Waals surface area contributed by atoms with Crippen LogP contribution in [0.4, 0.5) is 13.2 Å². The third-order valence-corrected chi connectivity index (χ3v) is 5.16. The van der Waals surface area contributed by atoms with Gasteiger partial charge in [0.15, 0.2) is 0 Å². The van der Waals surface area contributed by atoms with Gasteiger partial charge in [0.1, 0.15) is 0 Å². The third-order valence-electron chi connectivity index (χ3n) is 3.22. The fraction of sp³-hybridized carbons (Fsp3) is 0.417. The molecule has 0 saturated carbocycles. The van der Waals surface area contributed by atoms with E-state index in [-0.39, 0.29) is 13.1 Å². The summed E-state index contributed by atoms with van der Waals surface area (Å²) in [5, 5.41) is 8.84. The van der Waals surface area contributed by atoms with E-state index in [4.69, 9.17) is 5.11 Å². The molecule has 0 unspecified atom stereocenters. The summed E-state index contributed by atoms with van der Waals surface area (Å²) in [5.41, 5.74) is -1.85. The van der Waals surface area contributed by atoms with Crippen LogP contribution in [0.5, 0.6) is 0 Å². The van der Waals surface area contributed by atoms with Gasteiger partial charge in [-0.2, -0.15) is 17.5 Å². The summed E-state index contributed by atoms with van der Waals surface area (Å²) in [4.78, 5) is 9.87. The first kappa shape index (κ1) is 15.8. The molecule has 0 aliphatic carbocycles. The molecule has 2 rings (SSSR count). The molecule has 0 atom stereocenters. The molecule has 0 spiro atoms. The Balaban J connectivity index is 2.63. The summed E-state index contributed by atoms with van der Waals surface area (Å²) in [6, 6.07) is 1.80. The van der Waals surface area contributed by atoms with E-state index < -0.39 is 38.2 Å². The molecule has 21 heavy (non-hydrogen) atoms. The Morgan fingerprint density at radius 1 is 1.19 bits per heavy atom. The number of aromatic carboxylic acids is 1. The van der Waals surface area contributed by atoms with Crippen molar-refractivity contribution in [1.29, 1.82) is 0 Å². The number of nitrogens with zero attached hydrogens (tertiary/aromatic N) is 1. The van der Waals surface area contributed by atoms with E-state index in [9.17, 15) is 26.4 Å². The summed E-state index contributed by atoms with van der Waals surface area (Å²) in [7, 11) is -4.36. The maximum Gasteiger partial charge on any atom is 0.417 e. The molecule has 9 heteroatoms. The second-order valence-corrected chi connectivity index (χ2v) is 6.53. The topological polar surface area (TPSA) is 74.7 Å². The van der Waals surface area contributed by atoms with Crippen molar-refractivity contribution in [2.75, 3.05) is 13.1 Å². The number of rotatable bonds is 3. The van der Waals surface area contributed by atoms with Gasteiger partial charge in [-0.15, -0.1) is 0 Å². The molecule has 1 aromatic rings. The van der Waals surface area contributed by atoms with Crippen LogP contribution >= 0.6 is 0 Å². The SMILES string of the molecule is O=C(O)c1ccc(C(F)(F)F)c(S(=O)(=O)N2CCCC2)c1. The highest BCUT2D eigenvalue weighted by Crippen LogP contribution is 2.36. The summed E-state index contributed by atoms with van der Waals surface area (Å²) in [6.45, 7) is 0.272. The maximum absolute atomic E-state index is 13.0. The molecule has 0 radical (unpaired) electrons. The van der Waals surface area contributed by atoms with Crippen molar-refractivity contribution < 1.29 is 31.5 Å². The summed E-state index contributed by atoms with van der Waals surface area (Å²) < 4.78 is 64.5. The molecule has 1 aromatic carbocycles. The average molecular weight is 323 g/mol. The maximum atomic E-state index is 13.0. The fourth-order valence-corrected chi connectivity index (χ4v) is 3.93. The highest BCUT2D eigenvalue weighted by molar-refractivity contribution is 7.89. The lowest BCUT2D eigenvalue weighted by atomic mass is 10.1. The van der Waals surface area contributed by atoms with Crippen LogP contribution < -0.4 is 0 Å². The highest BCUT2D eigenvalue weighted by atomic mass is 32.2. The zero-order valence-corrected chi connectivity index (χ0v) is 11.5. The lowest BCUT2D eigenvalue weighted by Gasteiger charge is -2.19. The summed E-state index contributed by atoms with van der Waals surface area (Å²) in [6.07, 6.45) is -3.74. The molecule has 0 aromatic heterocycles. The Bertz CT molecular complexity index is 664. The van der Waals surface area contributed by atoms with Crippen LogP contribution in [0.3, 0.4) is 0 Å². The lowest BCUT2D eigenvalue weighted by Crippen LogP contribution is -2.30. The Morgan fingerprint density at radius 2 is 1.76 bits per heavy atom. The molecule has 1 aliphatic rings. The number of carboxylic acid groups (broad SMARTS) is 1. The number of carboxylic acids is 1. The van der Waals surface area contributed by atoms with E-state index in [1.165, 1.54) is 0 Å². The predicted molar refractivity (Wildman–Crippen MR) is 66.4 cm³/mol. The number of hydrogen-bond donors (Lipinski definition) is 1. The minimum Gasteiger partial charge on any atom is -0.478 e. The Hall–Kier alpha value is -1.61. The third kappa shape index (κ3) is 3.03. The average Bonchev–Trinajstić information content (AvgIpc) is 2.91. The van der Waals surface area contributed by atoms with Gasteiger partial charge in [-0.3, -0.25) is 0 Å². The van der Waals surface area contributed by atoms with Gasteiger partial charge in [0.25, 0.3) is 0 Å². The molecular formula is C12H12F3NO4S. The van der Waals surface area contributed by atoms with E-state index in [1.807, 2.05) is 0 Å². The van der Waals surface area contributed by atoms with Gasteiger partial charge < -0.3 is 5.11 Å². The van der Waals surface area contributed by atoms with Crippen molar-refractivity contribution in [2.45, 2.75) is 23.9 Å². The number of alkyl halides is 3. The highest BCUT2D eigenvalue weighted by Gasteiger charge is 2.40. The van der Waals surface area contributed by atoms with E-state index in [1.54, 1.807) is 0 Å². The number of sulfonamides is 1. The van der Waals surface area contributed by atoms with Gasteiger partial charge in [0.2, 0.25) is 10.0 Å². The van der Waals surface area contributed by atoms with Gasteiger partial charge in [0.05, 0.1) is 16.0 Å². The Labute approximate surface area is 119 Å². The van der Waals surface area contributed by atoms with Crippen LogP contribution in [0, 0.1) is 0 Å². The van der Waals surface area contributed by atoms with Gasteiger partial charge in [0, 0.05) is 13.1 Å². The molecule has 0 amide bonds. The van der Waals surface area contributed by atoms with Crippen molar-refractivity contribution in [1.82, 2.24) is 4.31 Å². The second-order valence-electron chi connectivity index (χ2n) is 4.63. The largest absolute Gasteiger partial charge is 0.478 e. The van der Waals surface area contributed by atoms with Crippen molar-refractivity contribution in [3.63, 3.8) is 0 Å². The Kier molecular flexibility index (Phi) is 3.98. The number of halogens is 3. The predicted octanol–water partition coefficient (Wildman–Crippen LogP) is 2.19. The zero-order chi connectivity index (χ0) is 15.8. The van der Waals surface area contributed by atoms with Gasteiger partial charge in [-0.05, 0) is 31.0 Å². The van der Waals surface area contributed by atoms with Crippen LogP contribution in [0.25, 0.3) is 0 Å². The second kappa shape index (κ2) is 5.30. The van der Waals surface area contributed by atoms with Crippen LogP contribution in [-0.4, -0.2) is 36.9 Å². The lowest BCUT2D eigenvalue weighted by molar-refractivity contribution is -0.139. The van der Waals surface area contributed by atoms with E-state index in [2.05, 4.69) is 0 Å². The van der Waals surface area contributed by atoms with Crippen molar-refractivity contribution in [3.8, 4) is 0 Å². The number of benzene rings is 1. The van der Waals surface area contributed by atoms with Gasteiger partial charge in [-0.1, -0.05) is 0 Å². The minimum absolute atomic E-state index is 0.136. The van der Waals surface area contributed by atoms with Crippen molar-refractivity contribution in [3.05, 3.63) is 29.3 Å². The van der Waals surface area contributed by atoms with E-state index in [0.29, 0.717) is 25.0 Å². The quantitative estimate of drug-likeness (QED) is 0.925. The van der Waals surface area contributed by atoms with Crippen LogP contribution in [-0.2, 0) is 16.2 Å². The minimum atomic E-state index is -4.88. The fourth-order valence-electron chi connectivity index (χ4n) is 2.17. The molecule has 0 bridgehead atoms.